The van der Waals surface area contributed by atoms with E-state index >= 15 is 0 Å². The zero-order valence-corrected chi connectivity index (χ0v) is 10.0. The maximum absolute atomic E-state index is 5.34. The zero-order valence-electron chi connectivity index (χ0n) is 10.0. The number of anilines is 1. The Labute approximate surface area is 96.8 Å². The van der Waals surface area contributed by atoms with Crippen molar-refractivity contribution in [1.82, 2.24) is 9.88 Å². The van der Waals surface area contributed by atoms with E-state index in [1.54, 1.807) is 6.20 Å². The molecular formula is C12H20N4. The Morgan fingerprint density at radius 1 is 1.56 bits per heavy atom. The van der Waals surface area contributed by atoms with Crippen molar-refractivity contribution in [2.24, 2.45) is 11.3 Å². The number of nitrogens with zero attached hydrogens (tertiary/aromatic N) is 2. The summed E-state index contributed by atoms with van der Waals surface area (Å²) in [4.78, 5) is 6.59. The largest absolute Gasteiger partial charge is 0.308 e. The van der Waals surface area contributed by atoms with Crippen LogP contribution in [-0.4, -0.2) is 23.0 Å². The van der Waals surface area contributed by atoms with Crippen molar-refractivity contribution in [2.45, 2.75) is 26.8 Å². The molecule has 0 aromatic carbocycles. The van der Waals surface area contributed by atoms with Gasteiger partial charge in [0.2, 0.25) is 0 Å². The molecule has 88 valence electrons. The molecule has 1 fully saturated rings. The third kappa shape index (κ3) is 2.71. The van der Waals surface area contributed by atoms with Crippen molar-refractivity contribution in [3.05, 3.63) is 23.9 Å². The summed E-state index contributed by atoms with van der Waals surface area (Å²) in [6.07, 6.45) is 3.08. The summed E-state index contributed by atoms with van der Waals surface area (Å²) in [7, 11) is 0. The highest BCUT2D eigenvalue weighted by atomic mass is 15.2. The number of aromatic nitrogens is 1. The van der Waals surface area contributed by atoms with E-state index in [4.69, 9.17) is 5.84 Å². The number of pyridine rings is 1. The van der Waals surface area contributed by atoms with Crippen LogP contribution in [0.3, 0.4) is 0 Å². The smallest absolute Gasteiger partial charge is 0.140 e. The first-order valence-electron chi connectivity index (χ1n) is 5.73. The molecule has 0 saturated carbocycles. The maximum Gasteiger partial charge on any atom is 0.140 e. The molecule has 0 spiro atoms. The lowest BCUT2D eigenvalue weighted by Crippen LogP contribution is -2.23. The molecule has 2 heterocycles. The number of likely N-dealkylation sites (tertiary alicyclic amines) is 1. The van der Waals surface area contributed by atoms with Crippen LogP contribution in [0.25, 0.3) is 0 Å². The predicted molar refractivity (Wildman–Crippen MR) is 65.7 cm³/mol. The van der Waals surface area contributed by atoms with Gasteiger partial charge in [0.25, 0.3) is 0 Å². The molecule has 1 aliphatic rings. The molecule has 4 nitrogen and oxygen atoms in total. The van der Waals surface area contributed by atoms with Gasteiger partial charge in [-0.2, -0.15) is 0 Å². The van der Waals surface area contributed by atoms with Crippen LogP contribution in [0.15, 0.2) is 18.3 Å². The van der Waals surface area contributed by atoms with Crippen LogP contribution < -0.4 is 11.3 Å². The molecule has 1 saturated heterocycles. The fraction of sp³-hybridized carbons (Fsp3) is 0.583. The van der Waals surface area contributed by atoms with Crippen molar-refractivity contribution in [1.29, 1.82) is 0 Å². The number of hydrogen-bond acceptors (Lipinski definition) is 4. The highest BCUT2D eigenvalue weighted by Crippen LogP contribution is 2.29. The Kier molecular flexibility index (Phi) is 3.12. The second kappa shape index (κ2) is 4.39. The lowest BCUT2D eigenvalue weighted by atomic mass is 9.93. The monoisotopic (exact) mass is 220 g/mol. The topological polar surface area (TPSA) is 54.2 Å². The molecule has 16 heavy (non-hydrogen) atoms. The molecule has 0 bridgehead atoms. The summed E-state index contributed by atoms with van der Waals surface area (Å²) in [5.41, 5.74) is 4.30. The standard InChI is InChI=1S/C12H20N4/c1-12(2)4-6-16(9-12)8-10-3-5-14-11(7-10)15-13/h3,5,7H,4,6,8-9,13H2,1-2H3,(H,14,15). The minimum Gasteiger partial charge on any atom is -0.308 e. The van der Waals surface area contributed by atoms with E-state index in [9.17, 15) is 0 Å². The van der Waals surface area contributed by atoms with Crippen molar-refractivity contribution >= 4 is 5.82 Å². The van der Waals surface area contributed by atoms with Crippen molar-refractivity contribution < 1.29 is 0 Å². The molecule has 0 atom stereocenters. The molecular weight excluding hydrogens is 200 g/mol. The van der Waals surface area contributed by atoms with Crippen molar-refractivity contribution in [3.8, 4) is 0 Å². The molecule has 1 aromatic rings. The van der Waals surface area contributed by atoms with Crippen LogP contribution in [-0.2, 0) is 6.54 Å². The van der Waals surface area contributed by atoms with Crippen LogP contribution in [0.4, 0.5) is 5.82 Å². The molecule has 0 unspecified atom stereocenters. The third-order valence-electron chi connectivity index (χ3n) is 3.13. The quantitative estimate of drug-likeness (QED) is 0.600. The van der Waals surface area contributed by atoms with Crippen LogP contribution >= 0.6 is 0 Å². The van der Waals surface area contributed by atoms with Gasteiger partial charge >= 0.3 is 0 Å². The lowest BCUT2D eigenvalue weighted by Gasteiger charge is -2.19. The number of hydrogen-bond donors (Lipinski definition) is 2. The van der Waals surface area contributed by atoms with Gasteiger partial charge in [0.05, 0.1) is 0 Å². The van der Waals surface area contributed by atoms with E-state index in [1.165, 1.54) is 25.1 Å². The van der Waals surface area contributed by atoms with E-state index in [1.807, 2.05) is 12.1 Å². The van der Waals surface area contributed by atoms with Gasteiger partial charge in [-0.05, 0) is 36.1 Å². The molecule has 1 aromatic heterocycles. The van der Waals surface area contributed by atoms with Gasteiger partial charge in [0, 0.05) is 19.3 Å². The Balaban J connectivity index is 1.99. The van der Waals surface area contributed by atoms with Crippen molar-refractivity contribution in [3.63, 3.8) is 0 Å². The Bertz CT molecular complexity index is 362. The molecule has 0 radical (unpaired) electrons. The lowest BCUT2D eigenvalue weighted by molar-refractivity contribution is 0.284. The number of hydrazine groups is 1. The summed E-state index contributed by atoms with van der Waals surface area (Å²) in [6.45, 7) is 7.99. The number of nitrogen functional groups attached to an aromatic ring is 1. The SMILES string of the molecule is CC1(C)CCN(Cc2ccnc(NN)c2)C1. The predicted octanol–water partition coefficient (Wildman–Crippen LogP) is 1.60. The van der Waals surface area contributed by atoms with Gasteiger partial charge in [-0.3, -0.25) is 4.90 Å². The number of nitrogens with one attached hydrogen (secondary N) is 1. The van der Waals surface area contributed by atoms with Crippen LogP contribution in [0.2, 0.25) is 0 Å². The normalized spacial score (nSPS) is 19.9. The highest BCUT2D eigenvalue weighted by molar-refractivity contribution is 5.35. The van der Waals surface area contributed by atoms with Gasteiger partial charge in [-0.25, -0.2) is 10.8 Å². The summed E-state index contributed by atoms with van der Waals surface area (Å²) in [5, 5.41) is 0. The molecule has 4 heteroatoms. The van der Waals surface area contributed by atoms with Gasteiger partial charge in [0.1, 0.15) is 5.82 Å². The van der Waals surface area contributed by atoms with Crippen LogP contribution in [0.5, 0.6) is 0 Å². The van der Waals surface area contributed by atoms with Gasteiger partial charge in [-0.1, -0.05) is 13.8 Å². The highest BCUT2D eigenvalue weighted by Gasteiger charge is 2.28. The molecule has 0 amide bonds. The summed E-state index contributed by atoms with van der Waals surface area (Å²) < 4.78 is 0. The minimum atomic E-state index is 0.460. The molecule has 2 rings (SSSR count). The van der Waals surface area contributed by atoms with Crippen LogP contribution in [0, 0.1) is 5.41 Å². The first kappa shape index (κ1) is 11.4. The molecule has 3 N–H and O–H groups in total. The van der Waals surface area contributed by atoms with E-state index in [0.717, 1.165) is 12.4 Å². The van der Waals surface area contributed by atoms with Gasteiger partial charge < -0.3 is 5.43 Å². The Hall–Kier alpha value is -1.13. The van der Waals surface area contributed by atoms with E-state index < -0.39 is 0 Å². The van der Waals surface area contributed by atoms with Gasteiger partial charge in [-0.15, -0.1) is 0 Å². The third-order valence-corrected chi connectivity index (χ3v) is 3.13. The first-order valence-corrected chi connectivity index (χ1v) is 5.73. The fourth-order valence-corrected chi connectivity index (χ4v) is 2.27. The summed E-state index contributed by atoms with van der Waals surface area (Å²) in [5.74, 6) is 6.08. The Morgan fingerprint density at radius 2 is 2.38 bits per heavy atom. The second-order valence-corrected chi connectivity index (χ2v) is 5.32. The van der Waals surface area contributed by atoms with E-state index in [-0.39, 0.29) is 0 Å². The second-order valence-electron chi connectivity index (χ2n) is 5.32. The summed E-state index contributed by atoms with van der Waals surface area (Å²) in [6, 6.07) is 4.05. The van der Waals surface area contributed by atoms with E-state index in [2.05, 4.69) is 29.2 Å². The molecule has 1 aliphatic heterocycles. The molecule has 0 aliphatic carbocycles. The minimum absolute atomic E-state index is 0.460. The fourth-order valence-electron chi connectivity index (χ4n) is 2.27. The van der Waals surface area contributed by atoms with E-state index in [0.29, 0.717) is 5.41 Å². The zero-order chi connectivity index (χ0) is 11.6. The average Bonchev–Trinajstić information content (AvgIpc) is 2.58. The number of rotatable bonds is 3. The van der Waals surface area contributed by atoms with Crippen molar-refractivity contribution in [2.75, 3.05) is 18.5 Å². The summed E-state index contributed by atoms with van der Waals surface area (Å²) >= 11 is 0. The average molecular weight is 220 g/mol. The number of nitrogens with two attached hydrogens (primary N) is 1. The van der Waals surface area contributed by atoms with Crippen LogP contribution in [0.1, 0.15) is 25.8 Å². The van der Waals surface area contributed by atoms with Gasteiger partial charge in [0.15, 0.2) is 0 Å². The first-order chi connectivity index (χ1) is 7.59. The maximum atomic E-state index is 5.34. The Morgan fingerprint density at radius 3 is 3.00 bits per heavy atom.